The normalized spacial score (nSPS) is 16.1. The van der Waals surface area contributed by atoms with Crippen LogP contribution in [0.3, 0.4) is 0 Å². The van der Waals surface area contributed by atoms with Crippen molar-refractivity contribution in [2.24, 2.45) is 16.8 Å². The molecule has 29 heavy (non-hydrogen) atoms. The Morgan fingerprint density at radius 2 is 1.97 bits per heavy atom. The summed E-state index contributed by atoms with van der Waals surface area (Å²) >= 11 is 0. The number of amides is 4. The van der Waals surface area contributed by atoms with Crippen molar-refractivity contribution in [3.63, 3.8) is 0 Å². The molecule has 10 nitrogen and oxygen atoms in total. The fourth-order valence-electron chi connectivity index (χ4n) is 2.54. The van der Waals surface area contributed by atoms with Crippen molar-refractivity contribution in [3.8, 4) is 6.07 Å². The maximum Gasteiger partial charge on any atom is 0.278 e. The highest BCUT2D eigenvalue weighted by molar-refractivity contribution is 6.52. The molecule has 0 bridgehead atoms. The van der Waals surface area contributed by atoms with Crippen LogP contribution in [0.5, 0.6) is 0 Å². The van der Waals surface area contributed by atoms with Crippen molar-refractivity contribution in [3.05, 3.63) is 35.4 Å². The van der Waals surface area contributed by atoms with Gasteiger partial charge in [-0.2, -0.15) is 10.4 Å². The first kappa shape index (κ1) is 21.3. The zero-order chi connectivity index (χ0) is 21.6. The van der Waals surface area contributed by atoms with E-state index in [9.17, 15) is 19.2 Å². The summed E-state index contributed by atoms with van der Waals surface area (Å²) < 4.78 is 0. The average Bonchev–Trinajstić information content (AvgIpc) is 2.65. The van der Waals surface area contributed by atoms with Crippen molar-refractivity contribution >= 4 is 40.7 Å². The maximum absolute atomic E-state index is 12.0. The number of nitrogens with two attached hydrogens (primary N) is 1. The number of carbonyl (C=O) groups excluding carboxylic acids is 4. The number of hydrogen-bond acceptors (Lipinski definition) is 7. The molecule has 0 fully saturated rings. The molecule has 0 aromatic heterocycles. The van der Waals surface area contributed by atoms with Crippen LogP contribution in [0.2, 0.25) is 0 Å². The highest BCUT2D eigenvalue weighted by Gasteiger charge is 2.32. The molecule has 5 N–H and O–H groups in total. The summed E-state index contributed by atoms with van der Waals surface area (Å²) in [6.45, 7) is 3.14. The van der Waals surface area contributed by atoms with Crippen LogP contribution in [0.15, 0.2) is 40.5 Å². The van der Waals surface area contributed by atoms with Crippen LogP contribution in [-0.2, 0) is 19.2 Å². The van der Waals surface area contributed by atoms with E-state index in [4.69, 9.17) is 11.0 Å². The molecule has 1 aromatic carbocycles. The topological polar surface area (TPSA) is 167 Å². The lowest BCUT2D eigenvalue weighted by atomic mass is 9.99. The molecule has 0 radical (unpaired) electrons. The molecule has 0 saturated carbocycles. The van der Waals surface area contributed by atoms with Gasteiger partial charge in [0.25, 0.3) is 17.7 Å². The average molecular weight is 396 g/mol. The number of anilines is 2. The lowest BCUT2D eigenvalue weighted by Crippen LogP contribution is -2.46. The van der Waals surface area contributed by atoms with Crippen molar-refractivity contribution in [2.45, 2.75) is 26.7 Å². The summed E-state index contributed by atoms with van der Waals surface area (Å²) in [5.74, 6) is -3.03. The standard InChI is InChI=1S/C19H20N6O4/c1-10(9-20)6-7-14(26)22-12-4-3-5-13(8-12)24-25-16-11(2)15(17(21)27)18(28)23-19(16)29/h3-5,8,10,24H,6-7H2,1-2H3,(H2,21,27)(H,22,26)(H,23,28,29)/b25-16-. The predicted octanol–water partition coefficient (Wildman–Crippen LogP) is 0.791. The molecule has 1 atom stereocenters. The molecule has 0 spiro atoms. The molecule has 1 aromatic rings. The van der Waals surface area contributed by atoms with Gasteiger partial charge in [-0.1, -0.05) is 6.07 Å². The monoisotopic (exact) mass is 396 g/mol. The highest BCUT2D eigenvalue weighted by atomic mass is 16.2. The Morgan fingerprint density at radius 3 is 2.62 bits per heavy atom. The lowest BCUT2D eigenvalue weighted by Gasteiger charge is -2.16. The minimum atomic E-state index is -0.962. The number of rotatable bonds is 7. The summed E-state index contributed by atoms with van der Waals surface area (Å²) in [6, 6.07) is 8.65. The summed E-state index contributed by atoms with van der Waals surface area (Å²) in [4.78, 5) is 47.1. The van der Waals surface area contributed by atoms with Gasteiger partial charge in [-0.3, -0.25) is 29.9 Å². The van der Waals surface area contributed by atoms with Crippen LogP contribution in [0, 0.1) is 17.2 Å². The quantitative estimate of drug-likeness (QED) is 0.302. The van der Waals surface area contributed by atoms with Crippen LogP contribution < -0.4 is 21.8 Å². The second kappa shape index (κ2) is 9.27. The molecular weight excluding hydrogens is 376 g/mol. The summed E-state index contributed by atoms with van der Waals surface area (Å²) in [7, 11) is 0. The van der Waals surface area contributed by atoms with Gasteiger partial charge in [0.1, 0.15) is 5.57 Å². The fourth-order valence-corrected chi connectivity index (χ4v) is 2.54. The van der Waals surface area contributed by atoms with Crippen LogP contribution >= 0.6 is 0 Å². The van der Waals surface area contributed by atoms with Gasteiger partial charge in [-0.05, 0) is 38.5 Å². The molecule has 0 aliphatic carbocycles. The smallest absolute Gasteiger partial charge is 0.278 e. The number of hydrogen-bond donors (Lipinski definition) is 4. The lowest BCUT2D eigenvalue weighted by molar-refractivity contribution is -0.127. The fraction of sp³-hybridized carbons (Fsp3) is 0.263. The van der Waals surface area contributed by atoms with Crippen LogP contribution in [0.1, 0.15) is 26.7 Å². The summed E-state index contributed by atoms with van der Waals surface area (Å²) in [6.07, 6.45) is 0.665. The molecule has 1 aliphatic heterocycles. The number of hydrazone groups is 1. The number of imide groups is 1. The molecule has 0 saturated heterocycles. The van der Waals surface area contributed by atoms with E-state index in [1.807, 2.05) is 5.32 Å². The van der Waals surface area contributed by atoms with Crippen molar-refractivity contribution in [2.75, 3.05) is 10.7 Å². The van der Waals surface area contributed by atoms with E-state index in [1.165, 1.54) is 6.92 Å². The minimum absolute atomic E-state index is 0.0646. The van der Waals surface area contributed by atoms with Gasteiger partial charge in [0.05, 0.1) is 11.8 Å². The molecular formula is C19H20N6O4. The number of nitriles is 1. The number of primary amides is 1. The molecule has 1 unspecified atom stereocenters. The second-order valence-electron chi connectivity index (χ2n) is 6.42. The van der Waals surface area contributed by atoms with Gasteiger partial charge >= 0.3 is 0 Å². The van der Waals surface area contributed by atoms with Crippen LogP contribution in [0.25, 0.3) is 0 Å². The number of benzene rings is 1. The Kier molecular flexibility index (Phi) is 6.81. The molecule has 4 amide bonds. The molecule has 1 aliphatic rings. The molecule has 1 heterocycles. The first-order chi connectivity index (χ1) is 13.7. The molecule has 10 heteroatoms. The first-order valence-electron chi connectivity index (χ1n) is 8.73. The van der Waals surface area contributed by atoms with E-state index < -0.39 is 17.7 Å². The van der Waals surface area contributed by atoms with E-state index in [2.05, 4.69) is 21.9 Å². The van der Waals surface area contributed by atoms with E-state index in [0.717, 1.165) is 0 Å². The van der Waals surface area contributed by atoms with E-state index in [1.54, 1.807) is 31.2 Å². The van der Waals surface area contributed by atoms with Crippen molar-refractivity contribution in [1.82, 2.24) is 5.32 Å². The van der Waals surface area contributed by atoms with Gasteiger partial charge < -0.3 is 11.1 Å². The first-order valence-corrected chi connectivity index (χ1v) is 8.73. The summed E-state index contributed by atoms with van der Waals surface area (Å²) in [5, 5.41) is 17.4. The zero-order valence-electron chi connectivity index (χ0n) is 15.9. The second-order valence-corrected chi connectivity index (χ2v) is 6.42. The SMILES string of the molecule is CC1=C(C(N)=O)C(=O)NC(=O)/C1=N\Nc1cccc(NC(=O)CCC(C)C#N)c1. The third-order valence-corrected chi connectivity index (χ3v) is 4.11. The zero-order valence-corrected chi connectivity index (χ0v) is 15.9. The van der Waals surface area contributed by atoms with Gasteiger partial charge in [-0.25, -0.2) is 0 Å². The minimum Gasteiger partial charge on any atom is -0.365 e. The predicted molar refractivity (Wildman–Crippen MR) is 105 cm³/mol. The number of nitrogens with zero attached hydrogens (tertiary/aromatic N) is 2. The third kappa shape index (κ3) is 5.49. The van der Waals surface area contributed by atoms with Crippen molar-refractivity contribution < 1.29 is 19.2 Å². The Bertz CT molecular complexity index is 973. The molecule has 2 rings (SSSR count). The number of carbonyl (C=O) groups is 4. The Hall–Kier alpha value is -4.00. The van der Waals surface area contributed by atoms with E-state index in [-0.39, 0.29) is 35.1 Å². The van der Waals surface area contributed by atoms with Crippen LogP contribution in [0.4, 0.5) is 11.4 Å². The van der Waals surface area contributed by atoms with E-state index in [0.29, 0.717) is 17.8 Å². The van der Waals surface area contributed by atoms with Crippen LogP contribution in [-0.4, -0.2) is 29.3 Å². The van der Waals surface area contributed by atoms with Crippen molar-refractivity contribution in [1.29, 1.82) is 5.26 Å². The van der Waals surface area contributed by atoms with Gasteiger partial charge in [0, 0.05) is 23.6 Å². The Balaban J connectivity index is 2.13. The van der Waals surface area contributed by atoms with Gasteiger partial charge in [0.15, 0.2) is 5.71 Å². The number of nitrogens with one attached hydrogen (secondary N) is 3. The highest BCUT2D eigenvalue weighted by Crippen LogP contribution is 2.17. The third-order valence-electron chi connectivity index (χ3n) is 4.11. The van der Waals surface area contributed by atoms with E-state index >= 15 is 0 Å². The maximum atomic E-state index is 12.0. The van der Waals surface area contributed by atoms with Gasteiger partial charge in [-0.15, -0.1) is 0 Å². The molecule has 150 valence electrons. The Labute approximate surface area is 166 Å². The van der Waals surface area contributed by atoms with Gasteiger partial charge in [0.2, 0.25) is 5.91 Å². The Morgan fingerprint density at radius 1 is 1.28 bits per heavy atom. The summed E-state index contributed by atoms with van der Waals surface area (Å²) in [5.41, 5.74) is 8.37. The largest absolute Gasteiger partial charge is 0.365 e.